The van der Waals surface area contributed by atoms with Gasteiger partial charge in [0, 0.05) is 5.54 Å². The Morgan fingerprint density at radius 3 is 1.93 bits per heavy atom. The maximum atomic E-state index is 11.5. The van der Waals surface area contributed by atoms with Gasteiger partial charge in [0.15, 0.2) is 0 Å². The molecule has 0 bridgehead atoms. The molecule has 0 amide bonds. The number of nitrogens with one attached hydrogen (secondary N) is 1. The number of carbonyl (C=O) groups is 1. The van der Waals surface area contributed by atoms with Crippen molar-refractivity contribution >= 4 is 5.97 Å². The third kappa shape index (κ3) is 6.50. The van der Waals surface area contributed by atoms with Crippen LogP contribution in [0.2, 0.25) is 0 Å². The van der Waals surface area contributed by atoms with E-state index in [0.29, 0.717) is 0 Å². The summed E-state index contributed by atoms with van der Waals surface area (Å²) in [5.74, 6) is -0.185. The van der Waals surface area contributed by atoms with Gasteiger partial charge in [-0.3, -0.25) is 4.79 Å². The fourth-order valence-corrected chi connectivity index (χ4v) is 1.16. The van der Waals surface area contributed by atoms with E-state index in [1.165, 1.54) is 0 Å². The minimum Gasteiger partial charge on any atom is -0.459 e. The third-order valence-electron chi connectivity index (χ3n) is 2.64. The lowest BCUT2D eigenvalue weighted by Crippen LogP contribution is -2.45. The zero-order valence-electron chi connectivity index (χ0n) is 10.9. The lowest BCUT2D eigenvalue weighted by atomic mass is 9.96. The van der Waals surface area contributed by atoms with Crippen LogP contribution < -0.4 is 5.32 Å². The second-order valence-corrected chi connectivity index (χ2v) is 5.21. The van der Waals surface area contributed by atoms with Crippen LogP contribution in [0.3, 0.4) is 0 Å². The fraction of sp³-hybridized carbons (Fsp3) is 0.917. The van der Waals surface area contributed by atoms with Crippen molar-refractivity contribution in [3.05, 3.63) is 0 Å². The molecule has 0 fully saturated rings. The van der Waals surface area contributed by atoms with E-state index in [-0.39, 0.29) is 18.1 Å². The molecule has 15 heavy (non-hydrogen) atoms. The van der Waals surface area contributed by atoms with E-state index in [1.807, 2.05) is 20.8 Å². The normalized spacial score (nSPS) is 12.7. The second-order valence-electron chi connectivity index (χ2n) is 5.21. The second kappa shape index (κ2) is 5.50. The smallest absolute Gasteiger partial charge is 0.320 e. The van der Waals surface area contributed by atoms with Crippen molar-refractivity contribution in [2.45, 2.75) is 65.5 Å². The number of ether oxygens (including phenoxy) is 1. The van der Waals surface area contributed by atoms with Crippen LogP contribution in [0.15, 0.2) is 0 Å². The van der Waals surface area contributed by atoms with E-state index in [1.54, 1.807) is 0 Å². The zero-order chi connectivity index (χ0) is 12.1. The van der Waals surface area contributed by atoms with E-state index in [2.05, 4.69) is 26.1 Å². The molecule has 90 valence electrons. The van der Waals surface area contributed by atoms with Crippen LogP contribution in [-0.4, -0.2) is 23.7 Å². The van der Waals surface area contributed by atoms with Crippen LogP contribution >= 0.6 is 0 Å². The number of carbonyl (C=O) groups excluding carboxylic acids is 1. The summed E-state index contributed by atoms with van der Waals surface area (Å²) >= 11 is 0. The Morgan fingerprint density at radius 2 is 1.60 bits per heavy atom. The predicted octanol–water partition coefficient (Wildman–Crippen LogP) is 2.50. The topological polar surface area (TPSA) is 38.3 Å². The van der Waals surface area contributed by atoms with Crippen LogP contribution in [-0.2, 0) is 9.53 Å². The first kappa shape index (κ1) is 14.4. The molecule has 3 nitrogen and oxygen atoms in total. The van der Waals surface area contributed by atoms with Crippen molar-refractivity contribution in [2.24, 2.45) is 0 Å². The first-order chi connectivity index (χ1) is 6.72. The molecule has 0 aliphatic heterocycles. The monoisotopic (exact) mass is 215 g/mol. The van der Waals surface area contributed by atoms with Gasteiger partial charge in [-0.15, -0.1) is 0 Å². The van der Waals surface area contributed by atoms with Crippen molar-refractivity contribution in [3.8, 4) is 0 Å². The first-order valence-corrected chi connectivity index (χ1v) is 5.69. The van der Waals surface area contributed by atoms with Crippen molar-refractivity contribution in [3.63, 3.8) is 0 Å². The Hall–Kier alpha value is -0.570. The van der Waals surface area contributed by atoms with Crippen LogP contribution in [0.5, 0.6) is 0 Å². The molecule has 0 radical (unpaired) electrons. The standard InChI is InChI=1S/C12H25NO2/c1-7-12(6,8-2)13-9-10(14)15-11(3,4)5/h13H,7-9H2,1-6H3. The fourth-order valence-electron chi connectivity index (χ4n) is 1.16. The highest BCUT2D eigenvalue weighted by Crippen LogP contribution is 2.13. The molecule has 0 aliphatic carbocycles. The zero-order valence-corrected chi connectivity index (χ0v) is 10.9. The number of rotatable bonds is 5. The van der Waals surface area contributed by atoms with Gasteiger partial charge in [0.05, 0.1) is 6.54 Å². The molecule has 0 heterocycles. The summed E-state index contributed by atoms with van der Waals surface area (Å²) in [5, 5.41) is 3.24. The van der Waals surface area contributed by atoms with E-state index in [4.69, 9.17) is 4.74 Å². The molecular formula is C12H25NO2. The minimum atomic E-state index is -0.395. The molecule has 0 aliphatic rings. The van der Waals surface area contributed by atoms with Crippen LogP contribution in [0.25, 0.3) is 0 Å². The summed E-state index contributed by atoms with van der Waals surface area (Å²) in [6.45, 7) is 12.3. The molecule has 0 saturated heterocycles. The molecule has 0 rings (SSSR count). The number of hydrogen-bond donors (Lipinski definition) is 1. The highest BCUT2D eigenvalue weighted by Gasteiger charge is 2.22. The molecular weight excluding hydrogens is 190 g/mol. The molecule has 0 saturated carbocycles. The molecule has 0 aromatic rings. The Morgan fingerprint density at radius 1 is 1.13 bits per heavy atom. The Kier molecular flexibility index (Phi) is 5.29. The minimum absolute atomic E-state index is 0.0386. The van der Waals surface area contributed by atoms with Crippen molar-refractivity contribution in [1.29, 1.82) is 0 Å². The number of esters is 1. The van der Waals surface area contributed by atoms with Gasteiger partial charge in [-0.25, -0.2) is 0 Å². The Balaban J connectivity index is 4.00. The van der Waals surface area contributed by atoms with E-state index < -0.39 is 5.60 Å². The average molecular weight is 215 g/mol. The third-order valence-corrected chi connectivity index (χ3v) is 2.64. The van der Waals surface area contributed by atoms with Crippen molar-refractivity contribution in [2.75, 3.05) is 6.54 Å². The van der Waals surface area contributed by atoms with E-state index in [0.717, 1.165) is 12.8 Å². The van der Waals surface area contributed by atoms with Gasteiger partial charge < -0.3 is 10.1 Å². The SMILES string of the molecule is CCC(C)(CC)NCC(=O)OC(C)(C)C. The largest absolute Gasteiger partial charge is 0.459 e. The Bertz CT molecular complexity index is 202. The van der Waals surface area contributed by atoms with Gasteiger partial charge in [0.2, 0.25) is 0 Å². The van der Waals surface area contributed by atoms with Gasteiger partial charge in [0.25, 0.3) is 0 Å². The maximum Gasteiger partial charge on any atom is 0.320 e. The van der Waals surface area contributed by atoms with Crippen molar-refractivity contribution in [1.82, 2.24) is 5.32 Å². The van der Waals surface area contributed by atoms with Crippen LogP contribution in [0.1, 0.15) is 54.4 Å². The highest BCUT2D eigenvalue weighted by molar-refractivity contribution is 5.72. The molecule has 0 aromatic carbocycles. The summed E-state index contributed by atoms with van der Waals surface area (Å²) in [6, 6.07) is 0. The summed E-state index contributed by atoms with van der Waals surface area (Å²) in [7, 11) is 0. The molecule has 0 atom stereocenters. The predicted molar refractivity (Wildman–Crippen MR) is 62.8 cm³/mol. The Labute approximate surface area is 93.6 Å². The summed E-state index contributed by atoms with van der Waals surface area (Å²) in [6.07, 6.45) is 2.01. The maximum absolute atomic E-state index is 11.5. The molecule has 0 unspecified atom stereocenters. The van der Waals surface area contributed by atoms with E-state index >= 15 is 0 Å². The van der Waals surface area contributed by atoms with Crippen LogP contribution in [0, 0.1) is 0 Å². The highest BCUT2D eigenvalue weighted by atomic mass is 16.6. The van der Waals surface area contributed by atoms with E-state index in [9.17, 15) is 4.79 Å². The quantitative estimate of drug-likeness (QED) is 0.716. The lowest BCUT2D eigenvalue weighted by molar-refractivity contribution is -0.154. The number of hydrogen-bond acceptors (Lipinski definition) is 3. The summed E-state index contributed by atoms with van der Waals surface area (Å²) in [5.41, 5.74) is -0.357. The molecule has 0 aromatic heterocycles. The van der Waals surface area contributed by atoms with Gasteiger partial charge >= 0.3 is 5.97 Å². The van der Waals surface area contributed by atoms with Crippen molar-refractivity contribution < 1.29 is 9.53 Å². The average Bonchev–Trinajstić information content (AvgIpc) is 2.12. The first-order valence-electron chi connectivity index (χ1n) is 5.69. The molecule has 0 spiro atoms. The van der Waals surface area contributed by atoms with Gasteiger partial charge in [0.1, 0.15) is 5.60 Å². The molecule has 1 N–H and O–H groups in total. The molecule has 3 heteroatoms. The summed E-state index contributed by atoms with van der Waals surface area (Å²) in [4.78, 5) is 11.5. The van der Waals surface area contributed by atoms with Gasteiger partial charge in [-0.1, -0.05) is 13.8 Å². The van der Waals surface area contributed by atoms with Crippen LogP contribution in [0.4, 0.5) is 0 Å². The van der Waals surface area contributed by atoms with Gasteiger partial charge in [-0.05, 0) is 40.5 Å². The summed E-state index contributed by atoms with van der Waals surface area (Å²) < 4.78 is 5.22. The van der Waals surface area contributed by atoms with Gasteiger partial charge in [-0.2, -0.15) is 0 Å². The lowest BCUT2D eigenvalue weighted by Gasteiger charge is -2.28.